The molecule has 8 heteroatoms. The van der Waals surface area contributed by atoms with Crippen molar-refractivity contribution in [2.24, 2.45) is 5.10 Å². The molecule has 0 aliphatic rings. The third-order valence-corrected chi connectivity index (χ3v) is 3.42. The van der Waals surface area contributed by atoms with Gasteiger partial charge in [0.25, 0.3) is 5.91 Å². The first-order valence-electron chi connectivity index (χ1n) is 7.54. The third-order valence-electron chi connectivity index (χ3n) is 3.42. The molecule has 0 saturated heterocycles. The second-order valence-electron chi connectivity index (χ2n) is 5.27. The average molecular weight is 338 g/mol. The lowest BCUT2D eigenvalue weighted by Crippen LogP contribution is -2.24. The van der Waals surface area contributed by atoms with Crippen LogP contribution in [0.4, 0.5) is 4.39 Å². The predicted molar refractivity (Wildman–Crippen MR) is 90.1 cm³/mol. The number of aromatic nitrogens is 4. The molecule has 0 atom stereocenters. The van der Waals surface area contributed by atoms with Crippen molar-refractivity contribution in [2.75, 3.05) is 0 Å². The minimum absolute atomic E-state index is 0.145. The van der Waals surface area contributed by atoms with Gasteiger partial charge in [-0.2, -0.15) is 9.90 Å². The van der Waals surface area contributed by atoms with Crippen LogP contribution in [0.15, 0.2) is 53.6 Å². The molecule has 7 nitrogen and oxygen atoms in total. The number of hydrogen-bond acceptors (Lipinski definition) is 5. The molecule has 0 bridgehead atoms. The molecule has 0 spiro atoms. The Bertz CT molecular complexity index is 921. The van der Waals surface area contributed by atoms with Crippen molar-refractivity contribution in [1.82, 2.24) is 25.6 Å². The summed E-state index contributed by atoms with van der Waals surface area (Å²) in [5.74, 6) is -0.414. The van der Waals surface area contributed by atoms with Gasteiger partial charge >= 0.3 is 0 Å². The van der Waals surface area contributed by atoms with Crippen LogP contribution in [0.1, 0.15) is 11.1 Å². The number of halogens is 1. The average Bonchev–Trinajstić information content (AvgIpc) is 3.05. The summed E-state index contributed by atoms with van der Waals surface area (Å²) in [5.41, 5.74) is 4.45. The molecule has 1 N–H and O–H groups in total. The number of tetrazole rings is 1. The Balaban J connectivity index is 1.61. The van der Waals surface area contributed by atoms with Gasteiger partial charge in [0.2, 0.25) is 5.82 Å². The Labute approximate surface area is 143 Å². The molecule has 0 saturated carbocycles. The third kappa shape index (κ3) is 4.11. The molecular formula is C17H15FN6O. The number of hydrogen-bond donors (Lipinski definition) is 1. The van der Waals surface area contributed by atoms with Crippen LogP contribution >= 0.6 is 0 Å². The van der Waals surface area contributed by atoms with Gasteiger partial charge in [-0.05, 0) is 23.8 Å². The normalized spacial score (nSPS) is 11.0. The number of hydrazone groups is 1. The van der Waals surface area contributed by atoms with Gasteiger partial charge in [0.1, 0.15) is 12.4 Å². The van der Waals surface area contributed by atoms with E-state index in [2.05, 4.69) is 25.9 Å². The predicted octanol–water partition coefficient (Wildman–Crippen LogP) is 1.94. The van der Waals surface area contributed by atoms with E-state index in [9.17, 15) is 9.18 Å². The summed E-state index contributed by atoms with van der Waals surface area (Å²) >= 11 is 0. The van der Waals surface area contributed by atoms with Crippen LogP contribution in [0, 0.1) is 12.7 Å². The van der Waals surface area contributed by atoms with E-state index in [1.165, 1.54) is 17.1 Å². The monoisotopic (exact) mass is 338 g/mol. The smallest absolute Gasteiger partial charge is 0.263 e. The Morgan fingerprint density at radius 2 is 2.00 bits per heavy atom. The largest absolute Gasteiger partial charge is 0.271 e. The highest BCUT2D eigenvalue weighted by molar-refractivity contribution is 5.82. The molecule has 2 aromatic carbocycles. The van der Waals surface area contributed by atoms with Crippen molar-refractivity contribution < 1.29 is 9.18 Å². The molecular weight excluding hydrogens is 323 g/mol. The SMILES string of the molecule is Cc1ccccc1-c1nnn(CC(=O)N/N=C\c2ccccc2F)n1. The first kappa shape index (κ1) is 16.4. The van der Waals surface area contributed by atoms with Crippen LogP contribution in [0.3, 0.4) is 0 Å². The number of rotatable bonds is 5. The molecule has 3 rings (SSSR count). The van der Waals surface area contributed by atoms with E-state index in [-0.39, 0.29) is 12.1 Å². The molecule has 1 aromatic heterocycles. The first-order valence-corrected chi connectivity index (χ1v) is 7.54. The lowest BCUT2D eigenvalue weighted by molar-refractivity contribution is -0.122. The Hall–Kier alpha value is -3.42. The summed E-state index contributed by atoms with van der Waals surface area (Å²) in [5, 5.41) is 15.7. The van der Waals surface area contributed by atoms with Crippen molar-refractivity contribution in [1.29, 1.82) is 0 Å². The molecule has 0 unspecified atom stereocenters. The van der Waals surface area contributed by atoms with E-state index in [1.54, 1.807) is 18.2 Å². The zero-order valence-electron chi connectivity index (χ0n) is 13.4. The minimum Gasteiger partial charge on any atom is -0.271 e. The summed E-state index contributed by atoms with van der Waals surface area (Å²) in [6.45, 7) is 1.80. The summed E-state index contributed by atoms with van der Waals surface area (Å²) in [7, 11) is 0. The van der Waals surface area contributed by atoms with E-state index in [0.29, 0.717) is 5.82 Å². The summed E-state index contributed by atoms with van der Waals surface area (Å²) in [4.78, 5) is 13.0. The summed E-state index contributed by atoms with van der Waals surface area (Å²) in [6, 6.07) is 13.8. The fourth-order valence-electron chi connectivity index (χ4n) is 2.16. The minimum atomic E-state index is -0.443. The fraction of sp³-hybridized carbons (Fsp3) is 0.118. The second kappa shape index (κ2) is 7.43. The highest BCUT2D eigenvalue weighted by atomic mass is 19.1. The number of nitrogens with one attached hydrogen (secondary N) is 1. The van der Waals surface area contributed by atoms with E-state index in [1.807, 2.05) is 31.2 Å². The van der Waals surface area contributed by atoms with Crippen LogP contribution in [0.25, 0.3) is 11.4 Å². The number of carbonyl (C=O) groups is 1. The second-order valence-corrected chi connectivity index (χ2v) is 5.27. The maximum Gasteiger partial charge on any atom is 0.263 e. The topological polar surface area (TPSA) is 85.1 Å². The van der Waals surface area contributed by atoms with Gasteiger partial charge in [0.15, 0.2) is 0 Å². The van der Waals surface area contributed by atoms with Gasteiger partial charge in [0.05, 0.1) is 6.21 Å². The number of benzene rings is 2. The van der Waals surface area contributed by atoms with E-state index in [0.717, 1.165) is 11.1 Å². The van der Waals surface area contributed by atoms with Crippen LogP contribution in [0.5, 0.6) is 0 Å². The Morgan fingerprint density at radius 3 is 2.80 bits per heavy atom. The van der Waals surface area contributed by atoms with E-state index < -0.39 is 11.7 Å². The number of amides is 1. The van der Waals surface area contributed by atoms with E-state index in [4.69, 9.17) is 0 Å². The van der Waals surface area contributed by atoms with Gasteiger partial charge in [-0.1, -0.05) is 42.5 Å². The number of carbonyl (C=O) groups excluding carboxylic acids is 1. The van der Waals surface area contributed by atoms with Crippen LogP contribution in [-0.2, 0) is 11.3 Å². The van der Waals surface area contributed by atoms with Gasteiger partial charge in [0, 0.05) is 11.1 Å². The lowest BCUT2D eigenvalue weighted by Gasteiger charge is -2.00. The van der Waals surface area contributed by atoms with Gasteiger partial charge < -0.3 is 0 Å². The number of nitrogens with zero attached hydrogens (tertiary/aromatic N) is 5. The van der Waals surface area contributed by atoms with Crippen molar-refractivity contribution >= 4 is 12.1 Å². The van der Waals surface area contributed by atoms with Crippen molar-refractivity contribution in [2.45, 2.75) is 13.5 Å². The van der Waals surface area contributed by atoms with Crippen molar-refractivity contribution in [3.8, 4) is 11.4 Å². The zero-order chi connectivity index (χ0) is 17.6. The van der Waals surface area contributed by atoms with Gasteiger partial charge in [-0.15, -0.1) is 10.2 Å². The highest BCUT2D eigenvalue weighted by Gasteiger charge is 2.10. The molecule has 1 heterocycles. The van der Waals surface area contributed by atoms with Gasteiger partial charge in [-0.3, -0.25) is 4.79 Å². The molecule has 25 heavy (non-hydrogen) atoms. The quantitative estimate of drug-likeness (QED) is 0.569. The zero-order valence-corrected chi connectivity index (χ0v) is 13.4. The molecule has 0 aliphatic carbocycles. The summed E-state index contributed by atoms with van der Waals surface area (Å²) in [6.07, 6.45) is 1.24. The fourth-order valence-corrected chi connectivity index (χ4v) is 2.16. The lowest BCUT2D eigenvalue weighted by atomic mass is 10.1. The maximum atomic E-state index is 13.4. The van der Waals surface area contributed by atoms with Crippen molar-refractivity contribution in [3.05, 3.63) is 65.5 Å². The molecule has 0 fully saturated rings. The standard InChI is InChI=1S/C17H15FN6O/c1-12-6-2-4-8-14(12)17-21-23-24(22-17)11-16(25)20-19-10-13-7-3-5-9-15(13)18/h2-10H,11H2,1H3,(H,20,25)/b19-10-. The van der Waals surface area contributed by atoms with Crippen LogP contribution in [-0.4, -0.2) is 32.3 Å². The molecule has 126 valence electrons. The molecule has 0 aliphatic heterocycles. The van der Waals surface area contributed by atoms with Crippen LogP contribution in [0.2, 0.25) is 0 Å². The van der Waals surface area contributed by atoms with Crippen molar-refractivity contribution in [3.63, 3.8) is 0 Å². The van der Waals surface area contributed by atoms with Crippen LogP contribution < -0.4 is 5.43 Å². The maximum absolute atomic E-state index is 13.4. The Morgan fingerprint density at radius 1 is 1.24 bits per heavy atom. The highest BCUT2D eigenvalue weighted by Crippen LogP contribution is 2.17. The molecule has 1 amide bonds. The first-order chi connectivity index (χ1) is 12.1. The van der Waals surface area contributed by atoms with E-state index >= 15 is 0 Å². The Kier molecular flexibility index (Phi) is 4.89. The van der Waals surface area contributed by atoms with Gasteiger partial charge in [-0.25, -0.2) is 9.82 Å². The summed E-state index contributed by atoms with van der Waals surface area (Å²) < 4.78 is 13.4. The number of aryl methyl sites for hydroxylation is 1. The molecule has 3 aromatic rings. The molecule has 0 radical (unpaired) electrons.